The highest BCUT2D eigenvalue weighted by molar-refractivity contribution is 5.92. The molecule has 0 unspecified atom stereocenters. The van der Waals surface area contributed by atoms with Crippen LogP contribution >= 0.6 is 0 Å². The van der Waals surface area contributed by atoms with E-state index in [1.54, 1.807) is 29.2 Å². The largest absolute Gasteiger partial charge is 0.484 e. The summed E-state index contributed by atoms with van der Waals surface area (Å²) in [5.74, 6) is 0.234. The number of nitrogens with zero attached hydrogens (tertiary/aromatic N) is 2. The fourth-order valence-corrected chi connectivity index (χ4v) is 3.44. The second kappa shape index (κ2) is 9.23. The van der Waals surface area contributed by atoms with Crippen LogP contribution in [0.1, 0.15) is 51.5 Å². The van der Waals surface area contributed by atoms with Gasteiger partial charge in [0.25, 0.3) is 5.91 Å². The lowest BCUT2D eigenvalue weighted by atomic mass is 9.80. The fraction of sp³-hybridized carbons (Fsp3) is 0.550. The number of nitriles is 1. The molecule has 1 N–H and O–H groups in total. The highest BCUT2D eigenvalue weighted by atomic mass is 16.5. The van der Waals surface area contributed by atoms with Crippen molar-refractivity contribution in [2.24, 2.45) is 0 Å². The van der Waals surface area contributed by atoms with Gasteiger partial charge in [0, 0.05) is 13.1 Å². The van der Waals surface area contributed by atoms with Crippen molar-refractivity contribution in [1.29, 1.82) is 5.26 Å². The van der Waals surface area contributed by atoms with Crippen LogP contribution in [0.4, 0.5) is 0 Å². The molecule has 2 rings (SSSR count). The number of likely N-dealkylation sites (N-methyl/N-ethyl adjacent to an activating group) is 1. The summed E-state index contributed by atoms with van der Waals surface area (Å²) >= 11 is 0. The normalized spacial score (nSPS) is 15.6. The van der Waals surface area contributed by atoms with Gasteiger partial charge in [-0.15, -0.1) is 0 Å². The lowest BCUT2D eigenvalue weighted by molar-refractivity contribution is -0.143. The molecular formula is C20H27N3O3. The Balaban J connectivity index is 2.01. The van der Waals surface area contributed by atoms with E-state index in [1.165, 1.54) is 0 Å². The minimum Gasteiger partial charge on any atom is -0.484 e. The van der Waals surface area contributed by atoms with Crippen LogP contribution in [0.25, 0.3) is 0 Å². The average Bonchev–Trinajstić information content (AvgIpc) is 2.68. The summed E-state index contributed by atoms with van der Waals surface area (Å²) in [6.07, 6.45) is 4.30. The van der Waals surface area contributed by atoms with Crippen LogP contribution in [-0.2, 0) is 9.59 Å². The number of carbonyl (C=O) groups is 2. The number of benzene rings is 1. The first kappa shape index (κ1) is 19.8. The van der Waals surface area contributed by atoms with Crippen LogP contribution in [0, 0.1) is 11.3 Å². The van der Waals surface area contributed by atoms with Crippen molar-refractivity contribution in [2.75, 3.05) is 19.7 Å². The molecular weight excluding hydrogens is 330 g/mol. The van der Waals surface area contributed by atoms with E-state index in [9.17, 15) is 9.59 Å². The van der Waals surface area contributed by atoms with Crippen LogP contribution in [0.5, 0.6) is 5.75 Å². The molecule has 0 radical (unpaired) electrons. The molecule has 0 atom stereocenters. The molecule has 0 aromatic heterocycles. The maximum Gasteiger partial charge on any atom is 0.258 e. The first-order valence-corrected chi connectivity index (χ1v) is 9.28. The van der Waals surface area contributed by atoms with Gasteiger partial charge in [-0.2, -0.15) is 5.26 Å². The summed E-state index contributed by atoms with van der Waals surface area (Å²) in [6.45, 7) is 5.02. The van der Waals surface area contributed by atoms with E-state index in [2.05, 4.69) is 5.32 Å². The van der Waals surface area contributed by atoms with Crippen LogP contribution in [0.2, 0.25) is 0 Å². The molecule has 0 heterocycles. The quantitative estimate of drug-likeness (QED) is 0.813. The van der Waals surface area contributed by atoms with Crippen molar-refractivity contribution in [3.05, 3.63) is 29.8 Å². The van der Waals surface area contributed by atoms with E-state index < -0.39 is 5.54 Å². The van der Waals surface area contributed by atoms with Gasteiger partial charge in [-0.3, -0.25) is 9.59 Å². The molecule has 1 saturated carbocycles. The molecule has 140 valence electrons. The van der Waals surface area contributed by atoms with Crippen molar-refractivity contribution in [2.45, 2.75) is 51.5 Å². The molecule has 1 aromatic carbocycles. The lowest BCUT2D eigenvalue weighted by Crippen LogP contribution is -2.61. The average molecular weight is 357 g/mol. The molecule has 6 nitrogen and oxygen atoms in total. The molecule has 26 heavy (non-hydrogen) atoms. The highest BCUT2D eigenvalue weighted by Crippen LogP contribution is 2.30. The van der Waals surface area contributed by atoms with Gasteiger partial charge in [-0.05, 0) is 51.0 Å². The van der Waals surface area contributed by atoms with Crippen LogP contribution in [-0.4, -0.2) is 41.9 Å². The van der Waals surface area contributed by atoms with Gasteiger partial charge in [0.15, 0.2) is 6.61 Å². The third-order valence-corrected chi connectivity index (χ3v) is 4.90. The summed E-state index contributed by atoms with van der Waals surface area (Å²) in [7, 11) is 0. The minimum atomic E-state index is -0.810. The van der Waals surface area contributed by atoms with E-state index >= 15 is 0 Å². The molecule has 0 bridgehead atoms. The first-order valence-electron chi connectivity index (χ1n) is 9.28. The molecule has 1 fully saturated rings. The summed E-state index contributed by atoms with van der Waals surface area (Å²) in [4.78, 5) is 27.2. The molecule has 1 aromatic rings. The Kier molecular flexibility index (Phi) is 7.02. The second-order valence-electron chi connectivity index (χ2n) is 6.59. The third kappa shape index (κ3) is 4.75. The van der Waals surface area contributed by atoms with E-state index in [0.29, 0.717) is 37.2 Å². The van der Waals surface area contributed by atoms with Gasteiger partial charge in [0.1, 0.15) is 11.3 Å². The zero-order chi connectivity index (χ0) is 19.0. The van der Waals surface area contributed by atoms with E-state index in [0.717, 1.165) is 19.3 Å². The Morgan fingerprint density at radius 2 is 1.77 bits per heavy atom. The fourth-order valence-electron chi connectivity index (χ4n) is 3.44. The summed E-state index contributed by atoms with van der Waals surface area (Å²) in [5.41, 5.74) is -0.275. The number of hydrogen-bond donors (Lipinski definition) is 1. The van der Waals surface area contributed by atoms with Crippen molar-refractivity contribution >= 4 is 11.8 Å². The maximum atomic E-state index is 13.0. The molecule has 6 heteroatoms. The Bertz CT molecular complexity index is 654. The van der Waals surface area contributed by atoms with Crippen LogP contribution < -0.4 is 10.1 Å². The number of hydrogen-bond acceptors (Lipinski definition) is 4. The summed E-state index contributed by atoms with van der Waals surface area (Å²) < 4.78 is 5.50. The number of carbonyl (C=O) groups excluding carboxylic acids is 2. The number of rotatable bonds is 7. The lowest BCUT2D eigenvalue weighted by Gasteiger charge is -2.40. The Morgan fingerprint density at radius 3 is 2.31 bits per heavy atom. The number of nitrogens with one attached hydrogen (secondary N) is 1. The van der Waals surface area contributed by atoms with Crippen LogP contribution in [0.3, 0.4) is 0 Å². The topological polar surface area (TPSA) is 82.4 Å². The maximum absolute atomic E-state index is 13.0. The summed E-state index contributed by atoms with van der Waals surface area (Å²) in [5, 5.41) is 11.8. The molecule has 1 aliphatic carbocycles. The molecule has 2 amide bonds. The summed E-state index contributed by atoms with van der Waals surface area (Å²) in [6, 6.07) is 8.62. The smallest absolute Gasteiger partial charge is 0.258 e. The Morgan fingerprint density at radius 1 is 1.15 bits per heavy atom. The van der Waals surface area contributed by atoms with Crippen molar-refractivity contribution in [3.8, 4) is 11.8 Å². The van der Waals surface area contributed by atoms with E-state index in [4.69, 9.17) is 10.00 Å². The highest BCUT2D eigenvalue weighted by Gasteiger charge is 2.42. The number of ether oxygens (including phenoxy) is 1. The van der Waals surface area contributed by atoms with Crippen molar-refractivity contribution < 1.29 is 14.3 Å². The first-order chi connectivity index (χ1) is 12.5. The van der Waals surface area contributed by atoms with Crippen molar-refractivity contribution in [1.82, 2.24) is 10.2 Å². The second-order valence-corrected chi connectivity index (χ2v) is 6.59. The molecule has 0 aliphatic heterocycles. The Hall–Kier alpha value is -2.55. The SMILES string of the molecule is CCN(CC)C(=O)C1(NC(=O)COc2ccc(C#N)cc2)CCCCC1. The van der Waals surface area contributed by atoms with E-state index in [-0.39, 0.29) is 18.4 Å². The molecule has 0 saturated heterocycles. The predicted molar refractivity (Wildman–Crippen MR) is 98.5 cm³/mol. The predicted octanol–water partition coefficient (Wildman–Crippen LogP) is 2.62. The van der Waals surface area contributed by atoms with Gasteiger partial charge >= 0.3 is 0 Å². The standard InChI is InChI=1S/C20H27N3O3/c1-3-23(4-2)19(25)20(12-6-5-7-13-20)22-18(24)15-26-17-10-8-16(14-21)9-11-17/h8-11H,3-7,12-13,15H2,1-2H3,(H,22,24). The van der Waals surface area contributed by atoms with Gasteiger partial charge in [-0.1, -0.05) is 19.3 Å². The zero-order valence-electron chi connectivity index (χ0n) is 15.6. The minimum absolute atomic E-state index is 0.00826. The van der Waals surface area contributed by atoms with Crippen molar-refractivity contribution in [3.63, 3.8) is 0 Å². The molecule has 0 spiro atoms. The third-order valence-electron chi connectivity index (χ3n) is 4.90. The van der Waals surface area contributed by atoms with Gasteiger partial charge in [0.2, 0.25) is 5.91 Å². The zero-order valence-corrected chi connectivity index (χ0v) is 15.6. The number of amides is 2. The molecule has 1 aliphatic rings. The van der Waals surface area contributed by atoms with Gasteiger partial charge < -0.3 is 15.0 Å². The van der Waals surface area contributed by atoms with Crippen LogP contribution in [0.15, 0.2) is 24.3 Å². The van der Waals surface area contributed by atoms with E-state index in [1.807, 2.05) is 19.9 Å². The van der Waals surface area contributed by atoms with Gasteiger partial charge in [0.05, 0.1) is 11.6 Å². The Labute approximate surface area is 155 Å². The monoisotopic (exact) mass is 357 g/mol. The van der Waals surface area contributed by atoms with Gasteiger partial charge in [-0.25, -0.2) is 0 Å².